The van der Waals surface area contributed by atoms with Gasteiger partial charge in [0.2, 0.25) is 0 Å². The van der Waals surface area contributed by atoms with Crippen molar-refractivity contribution in [3.63, 3.8) is 0 Å². The Morgan fingerprint density at radius 3 is 3.18 bits per heavy atom. The van der Waals surface area contributed by atoms with Gasteiger partial charge in [-0.05, 0) is 24.2 Å². The average molecular weight is 146 g/mol. The standard InChI is InChI=1S/C9H7NO/c11-8-3-4-9-7(6-8)2-1-5-10-9/h1-6,11H/i6D. The second-order valence-corrected chi connectivity index (χ2v) is 2.28. The predicted molar refractivity (Wildman–Crippen MR) is 43.4 cm³/mol. The molecule has 2 nitrogen and oxygen atoms in total. The van der Waals surface area contributed by atoms with E-state index in [4.69, 9.17) is 1.37 Å². The minimum absolute atomic E-state index is 0.00417. The first-order chi connectivity index (χ1) is 5.79. The number of rotatable bonds is 0. The van der Waals surface area contributed by atoms with Gasteiger partial charge in [0.1, 0.15) is 5.75 Å². The van der Waals surface area contributed by atoms with Crippen LogP contribution in [-0.4, -0.2) is 10.1 Å². The molecule has 0 aliphatic carbocycles. The molecule has 1 aromatic carbocycles. The average Bonchev–Trinajstić information content (AvgIpc) is 2.12. The maximum atomic E-state index is 9.20. The molecule has 1 heterocycles. The zero-order chi connectivity index (χ0) is 8.55. The zero-order valence-electron chi connectivity index (χ0n) is 6.78. The first-order valence-corrected chi connectivity index (χ1v) is 3.32. The highest BCUT2D eigenvalue weighted by Gasteiger charge is 1.92. The number of hydrogen-bond acceptors (Lipinski definition) is 2. The topological polar surface area (TPSA) is 33.1 Å². The minimum atomic E-state index is -0.00417. The van der Waals surface area contributed by atoms with E-state index in [1.807, 2.05) is 0 Å². The van der Waals surface area contributed by atoms with Gasteiger partial charge in [0, 0.05) is 11.6 Å². The molecule has 1 N–H and O–H groups in total. The molecule has 0 aliphatic rings. The summed E-state index contributed by atoms with van der Waals surface area (Å²) in [4.78, 5) is 4.05. The summed E-state index contributed by atoms with van der Waals surface area (Å²) in [5.41, 5.74) is 0.736. The number of fused-ring (bicyclic) bond motifs is 1. The van der Waals surface area contributed by atoms with Crippen LogP contribution >= 0.6 is 0 Å². The molecule has 2 heteroatoms. The summed E-state index contributed by atoms with van der Waals surface area (Å²) < 4.78 is 7.50. The third-order valence-corrected chi connectivity index (χ3v) is 1.50. The normalized spacial score (nSPS) is 11.5. The Morgan fingerprint density at radius 1 is 1.36 bits per heavy atom. The number of benzene rings is 1. The van der Waals surface area contributed by atoms with E-state index in [1.54, 1.807) is 24.4 Å². The van der Waals surface area contributed by atoms with Crippen LogP contribution < -0.4 is 0 Å². The number of nitrogens with zero attached hydrogens (tertiary/aromatic N) is 1. The van der Waals surface area contributed by atoms with E-state index < -0.39 is 0 Å². The number of hydrogen-bond donors (Lipinski definition) is 1. The Hall–Kier alpha value is -1.57. The molecule has 0 saturated carbocycles. The Labute approximate surface area is 65.5 Å². The third-order valence-electron chi connectivity index (χ3n) is 1.50. The van der Waals surface area contributed by atoms with Crippen molar-refractivity contribution in [2.75, 3.05) is 0 Å². The first kappa shape index (κ1) is 5.13. The first-order valence-electron chi connectivity index (χ1n) is 3.82. The fourth-order valence-electron chi connectivity index (χ4n) is 0.994. The van der Waals surface area contributed by atoms with E-state index in [9.17, 15) is 5.11 Å². The van der Waals surface area contributed by atoms with Crippen molar-refractivity contribution in [1.29, 1.82) is 0 Å². The summed E-state index contributed by atoms with van der Waals surface area (Å²) >= 11 is 0. The highest BCUT2D eigenvalue weighted by atomic mass is 16.3. The minimum Gasteiger partial charge on any atom is -0.508 e. The van der Waals surface area contributed by atoms with Gasteiger partial charge in [-0.15, -0.1) is 0 Å². The maximum absolute atomic E-state index is 9.20. The second-order valence-electron chi connectivity index (χ2n) is 2.28. The molecule has 11 heavy (non-hydrogen) atoms. The third kappa shape index (κ3) is 1.03. The summed E-state index contributed by atoms with van der Waals surface area (Å²) in [7, 11) is 0. The summed E-state index contributed by atoms with van der Waals surface area (Å²) in [6.45, 7) is 0. The van der Waals surface area contributed by atoms with E-state index in [-0.39, 0.29) is 11.8 Å². The van der Waals surface area contributed by atoms with Crippen molar-refractivity contribution in [1.82, 2.24) is 4.98 Å². The number of aromatic hydroxyl groups is 1. The monoisotopic (exact) mass is 146 g/mol. The second kappa shape index (κ2) is 2.23. The fourth-order valence-corrected chi connectivity index (χ4v) is 0.994. The van der Waals surface area contributed by atoms with E-state index in [2.05, 4.69) is 4.98 Å². The van der Waals surface area contributed by atoms with Crippen molar-refractivity contribution in [2.45, 2.75) is 0 Å². The molecule has 2 rings (SSSR count). The Kier molecular flexibility index (Phi) is 1.04. The van der Waals surface area contributed by atoms with Gasteiger partial charge in [0.05, 0.1) is 6.89 Å². The zero-order valence-corrected chi connectivity index (χ0v) is 5.78. The Balaban J connectivity index is 2.91. The van der Waals surface area contributed by atoms with E-state index in [0.717, 1.165) is 5.52 Å². The molecular weight excluding hydrogens is 138 g/mol. The van der Waals surface area contributed by atoms with Gasteiger partial charge in [0.25, 0.3) is 0 Å². The van der Waals surface area contributed by atoms with Crippen LogP contribution in [0.25, 0.3) is 10.9 Å². The number of pyridine rings is 1. The number of phenolic OH excluding ortho intramolecular Hbond substituents is 1. The molecule has 0 aliphatic heterocycles. The van der Waals surface area contributed by atoms with Gasteiger partial charge in [-0.25, -0.2) is 0 Å². The van der Waals surface area contributed by atoms with E-state index in [1.165, 1.54) is 6.07 Å². The molecular formula is C9H7NO. The molecule has 0 fully saturated rings. The van der Waals surface area contributed by atoms with Crippen LogP contribution in [0, 0.1) is 0 Å². The lowest BCUT2D eigenvalue weighted by Gasteiger charge is -1.95. The SMILES string of the molecule is [2H]c1c(O)ccc2ncccc12. The lowest BCUT2D eigenvalue weighted by molar-refractivity contribution is 0.476. The number of aromatic nitrogens is 1. The summed E-state index contributed by atoms with van der Waals surface area (Å²) in [6, 6.07) is 6.84. The van der Waals surface area contributed by atoms with Crippen molar-refractivity contribution in [3.8, 4) is 5.75 Å². The summed E-state index contributed by atoms with van der Waals surface area (Å²) in [6.07, 6.45) is 1.67. The highest BCUT2D eigenvalue weighted by Crippen LogP contribution is 2.16. The quantitative estimate of drug-likeness (QED) is 0.616. The summed E-state index contributed by atoms with van der Waals surface area (Å²) in [5, 5.41) is 9.88. The van der Waals surface area contributed by atoms with E-state index in [0.29, 0.717) is 5.39 Å². The van der Waals surface area contributed by atoms with Crippen molar-refractivity contribution in [3.05, 3.63) is 36.5 Å². The smallest absolute Gasteiger partial charge is 0.116 e. The lowest BCUT2D eigenvalue weighted by atomic mass is 10.2. The van der Waals surface area contributed by atoms with Crippen LogP contribution in [0.3, 0.4) is 0 Å². The van der Waals surface area contributed by atoms with Crippen LogP contribution in [-0.2, 0) is 0 Å². The van der Waals surface area contributed by atoms with Crippen LogP contribution in [0.2, 0.25) is 0 Å². The fraction of sp³-hybridized carbons (Fsp3) is 0. The van der Waals surface area contributed by atoms with Crippen LogP contribution in [0.1, 0.15) is 1.37 Å². The molecule has 0 amide bonds. The van der Waals surface area contributed by atoms with Crippen LogP contribution in [0.5, 0.6) is 5.75 Å². The van der Waals surface area contributed by atoms with Gasteiger partial charge >= 0.3 is 0 Å². The largest absolute Gasteiger partial charge is 0.508 e. The molecule has 0 spiro atoms. The van der Waals surface area contributed by atoms with Crippen molar-refractivity contribution < 1.29 is 6.48 Å². The molecule has 0 radical (unpaired) electrons. The van der Waals surface area contributed by atoms with Gasteiger partial charge in [-0.3, -0.25) is 4.98 Å². The van der Waals surface area contributed by atoms with Crippen molar-refractivity contribution in [2.24, 2.45) is 0 Å². The molecule has 2 aromatic rings. The Bertz CT molecular complexity index is 428. The maximum Gasteiger partial charge on any atom is 0.116 e. The lowest BCUT2D eigenvalue weighted by Crippen LogP contribution is -1.75. The molecule has 0 unspecified atom stereocenters. The predicted octanol–water partition coefficient (Wildman–Crippen LogP) is 1.94. The summed E-state index contributed by atoms with van der Waals surface area (Å²) in [5.74, 6) is -0.00417. The van der Waals surface area contributed by atoms with Gasteiger partial charge in [-0.2, -0.15) is 0 Å². The van der Waals surface area contributed by atoms with Crippen LogP contribution in [0.15, 0.2) is 36.5 Å². The molecule has 0 bridgehead atoms. The van der Waals surface area contributed by atoms with Crippen molar-refractivity contribution >= 4 is 10.9 Å². The number of phenols is 1. The van der Waals surface area contributed by atoms with E-state index >= 15 is 0 Å². The highest BCUT2D eigenvalue weighted by molar-refractivity contribution is 5.79. The molecule has 1 aromatic heterocycles. The van der Waals surface area contributed by atoms with Gasteiger partial charge < -0.3 is 5.11 Å². The van der Waals surface area contributed by atoms with Crippen LogP contribution in [0.4, 0.5) is 0 Å². The molecule has 0 atom stereocenters. The van der Waals surface area contributed by atoms with Gasteiger partial charge in [0.15, 0.2) is 0 Å². The van der Waals surface area contributed by atoms with Gasteiger partial charge in [-0.1, -0.05) is 6.07 Å². The Morgan fingerprint density at radius 2 is 2.27 bits per heavy atom. The molecule has 54 valence electrons. The molecule has 0 saturated heterocycles.